The lowest BCUT2D eigenvalue weighted by Gasteiger charge is -2.37. The molecule has 17 heavy (non-hydrogen) atoms. The van der Waals surface area contributed by atoms with Gasteiger partial charge >= 0.3 is 0 Å². The summed E-state index contributed by atoms with van der Waals surface area (Å²) in [6.07, 6.45) is 0.632. The number of aliphatic hydroxyl groups is 1. The summed E-state index contributed by atoms with van der Waals surface area (Å²) in [4.78, 5) is 0. The first-order valence-electron chi connectivity index (χ1n) is 6.09. The Morgan fingerprint density at radius 2 is 2.18 bits per heavy atom. The highest BCUT2D eigenvalue weighted by Crippen LogP contribution is 2.24. The summed E-state index contributed by atoms with van der Waals surface area (Å²) >= 11 is 0. The first-order valence-corrected chi connectivity index (χ1v) is 6.09. The van der Waals surface area contributed by atoms with E-state index in [1.54, 1.807) is 0 Å². The minimum Gasteiger partial charge on any atom is -0.387 e. The SMILES string of the molecule is CCn1nc(CC2(O)CNC2)c2ccccc21. The quantitative estimate of drug-likeness (QED) is 0.826. The van der Waals surface area contributed by atoms with E-state index in [1.807, 2.05) is 16.8 Å². The largest absolute Gasteiger partial charge is 0.387 e. The molecule has 3 rings (SSSR count). The van der Waals surface area contributed by atoms with Gasteiger partial charge in [-0.15, -0.1) is 0 Å². The number of fused-ring (bicyclic) bond motifs is 1. The van der Waals surface area contributed by atoms with Crippen LogP contribution in [0.25, 0.3) is 10.9 Å². The zero-order valence-electron chi connectivity index (χ0n) is 9.98. The molecule has 0 radical (unpaired) electrons. The topological polar surface area (TPSA) is 50.1 Å². The Kier molecular flexibility index (Phi) is 2.42. The van der Waals surface area contributed by atoms with Crippen molar-refractivity contribution in [2.75, 3.05) is 13.1 Å². The Bertz CT molecular complexity index is 543. The van der Waals surface area contributed by atoms with Crippen LogP contribution in [0.5, 0.6) is 0 Å². The van der Waals surface area contributed by atoms with Crippen LogP contribution in [0.2, 0.25) is 0 Å². The summed E-state index contributed by atoms with van der Waals surface area (Å²) in [6.45, 7) is 4.28. The molecule has 1 saturated heterocycles. The summed E-state index contributed by atoms with van der Waals surface area (Å²) in [5.41, 5.74) is 1.56. The van der Waals surface area contributed by atoms with Crippen molar-refractivity contribution < 1.29 is 5.11 Å². The van der Waals surface area contributed by atoms with Crippen molar-refractivity contribution in [1.82, 2.24) is 15.1 Å². The van der Waals surface area contributed by atoms with Crippen molar-refractivity contribution in [3.8, 4) is 0 Å². The van der Waals surface area contributed by atoms with E-state index in [9.17, 15) is 5.11 Å². The Morgan fingerprint density at radius 3 is 2.82 bits per heavy atom. The van der Waals surface area contributed by atoms with Crippen molar-refractivity contribution in [2.24, 2.45) is 0 Å². The molecule has 0 spiro atoms. The van der Waals surface area contributed by atoms with E-state index in [0.29, 0.717) is 19.5 Å². The predicted molar refractivity (Wildman–Crippen MR) is 66.9 cm³/mol. The van der Waals surface area contributed by atoms with E-state index in [1.165, 1.54) is 0 Å². The Labute approximate surface area is 100 Å². The number of benzene rings is 1. The number of hydrogen-bond acceptors (Lipinski definition) is 3. The molecular weight excluding hydrogens is 214 g/mol. The molecule has 4 heteroatoms. The molecular formula is C13H17N3O. The fraction of sp³-hybridized carbons (Fsp3) is 0.462. The number of aromatic nitrogens is 2. The smallest absolute Gasteiger partial charge is 0.0951 e. The van der Waals surface area contributed by atoms with Gasteiger partial charge in [-0.25, -0.2) is 0 Å². The van der Waals surface area contributed by atoms with Crippen LogP contribution in [0.4, 0.5) is 0 Å². The second-order valence-corrected chi connectivity index (χ2v) is 4.78. The average molecular weight is 231 g/mol. The number of nitrogens with zero attached hydrogens (tertiary/aromatic N) is 2. The third kappa shape index (κ3) is 1.73. The van der Waals surface area contributed by atoms with Crippen LogP contribution in [-0.4, -0.2) is 33.6 Å². The number of hydrogen-bond donors (Lipinski definition) is 2. The number of nitrogens with one attached hydrogen (secondary N) is 1. The minimum atomic E-state index is -0.601. The van der Waals surface area contributed by atoms with Gasteiger partial charge in [0.2, 0.25) is 0 Å². The molecule has 0 saturated carbocycles. The molecule has 1 aliphatic heterocycles. The number of rotatable bonds is 3. The zero-order valence-corrected chi connectivity index (χ0v) is 9.98. The second kappa shape index (κ2) is 3.82. The fourth-order valence-corrected chi connectivity index (χ4v) is 2.42. The van der Waals surface area contributed by atoms with E-state index in [2.05, 4.69) is 29.5 Å². The van der Waals surface area contributed by atoms with Crippen LogP contribution in [0.15, 0.2) is 24.3 Å². The Hall–Kier alpha value is -1.39. The molecule has 2 N–H and O–H groups in total. The predicted octanol–water partition coefficient (Wildman–Crippen LogP) is 0.933. The maximum absolute atomic E-state index is 10.2. The van der Waals surface area contributed by atoms with Gasteiger partial charge in [0.1, 0.15) is 0 Å². The van der Waals surface area contributed by atoms with Gasteiger partial charge in [0.25, 0.3) is 0 Å². The van der Waals surface area contributed by atoms with Crippen LogP contribution in [-0.2, 0) is 13.0 Å². The maximum atomic E-state index is 10.2. The van der Waals surface area contributed by atoms with Gasteiger partial charge in [0.15, 0.2) is 0 Å². The van der Waals surface area contributed by atoms with E-state index in [-0.39, 0.29) is 0 Å². The highest BCUT2D eigenvalue weighted by molar-refractivity contribution is 5.82. The summed E-state index contributed by atoms with van der Waals surface area (Å²) in [5.74, 6) is 0. The summed E-state index contributed by atoms with van der Waals surface area (Å²) < 4.78 is 2.00. The van der Waals surface area contributed by atoms with Crippen molar-refractivity contribution in [3.63, 3.8) is 0 Å². The van der Waals surface area contributed by atoms with Gasteiger partial charge in [0, 0.05) is 31.4 Å². The van der Waals surface area contributed by atoms with E-state index >= 15 is 0 Å². The highest BCUT2D eigenvalue weighted by atomic mass is 16.3. The molecule has 1 aromatic heterocycles. The van der Waals surface area contributed by atoms with E-state index in [4.69, 9.17) is 0 Å². The van der Waals surface area contributed by atoms with Crippen molar-refractivity contribution in [2.45, 2.75) is 25.5 Å². The Morgan fingerprint density at radius 1 is 1.41 bits per heavy atom. The van der Waals surface area contributed by atoms with Crippen molar-refractivity contribution >= 4 is 10.9 Å². The average Bonchev–Trinajstić information content (AvgIpc) is 2.66. The lowest BCUT2D eigenvalue weighted by molar-refractivity contribution is -0.00966. The fourth-order valence-electron chi connectivity index (χ4n) is 2.42. The summed E-state index contributed by atoms with van der Waals surface area (Å²) in [7, 11) is 0. The molecule has 0 amide bonds. The van der Waals surface area contributed by atoms with Crippen molar-refractivity contribution in [1.29, 1.82) is 0 Å². The molecule has 1 fully saturated rings. The third-order valence-electron chi connectivity index (χ3n) is 3.44. The minimum absolute atomic E-state index is 0.601. The lowest BCUT2D eigenvalue weighted by Crippen LogP contribution is -2.60. The Balaban J connectivity index is 2.03. The van der Waals surface area contributed by atoms with Crippen LogP contribution in [0.3, 0.4) is 0 Å². The molecule has 0 aliphatic carbocycles. The van der Waals surface area contributed by atoms with Gasteiger partial charge in [-0.1, -0.05) is 18.2 Å². The maximum Gasteiger partial charge on any atom is 0.0951 e. The number of β-amino-alcohol motifs (C(OH)–C–C–N with tert-alkyl or cyclic N) is 1. The van der Waals surface area contributed by atoms with Gasteiger partial charge in [0.05, 0.1) is 16.8 Å². The molecule has 2 heterocycles. The third-order valence-corrected chi connectivity index (χ3v) is 3.44. The molecule has 0 bridgehead atoms. The monoisotopic (exact) mass is 231 g/mol. The standard InChI is InChI=1S/C13H17N3O/c1-2-16-12-6-4-3-5-10(12)11(15-16)7-13(17)8-14-9-13/h3-6,14,17H,2,7-9H2,1H3. The van der Waals surface area contributed by atoms with Gasteiger partial charge in [-0.3, -0.25) is 4.68 Å². The molecule has 1 aliphatic rings. The van der Waals surface area contributed by atoms with Crippen LogP contribution < -0.4 is 5.32 Å². The first-order chi connectivity index (χ1) is 8.22. The molecule has 0 atom stereocenters. The van der Waals surface area contributed by atoms with E-state index < -0.39 is 5.60 Å². The second-order valence-electron chi connectivity index (χ2n) is 4.78. The highest BCUT2D eigenvalue weighted by Gasteiger charge is 2.35. The molecule has 2 aromatic rings. The zero-order chi connectivity index (χ0) is 11.9. The summed E-state index contributed by atoms with van der Waals surface area (Å²) in [6, 6.07) is 8.22. The van der Waals surface area contributed by atoms with Crippen molar-refractivity contribution in [3.05, 3.63) is 30.0 Å². The van der Waals surface area contributed by atoms with Crippen LogP contribution in [0.1, 0.15) is 12.6 Å². The normalized spacial score (nSPS) is 18.2. The summed E-state index contributed by atoms with van der Waals surface area (Å²) in [5, 5.41) is 19.1. The lowest BCUT2D eigenvalue weighted by atomic mass is 9.90. The van der Waals surface area contributed by atoms with Gasteiger partial charge in [-0.05, 0) is 13.0 Å². The number of aryl methyl sites for hydroxylation is 1. The molecule has 4 nitrogen and oxygen atoms in total. The molecule has 90 valence electrons. The van der Waals surface area contributed by atoms with Gasteiger partial charge in [-0.2, -0.15) is 5.10 Å². The number of para-hydroxylation sites is 1. The van der Waals surface area contributed by atoms with Gasteiger partial charge < -0.3 is 10.4 Å². The van der Waals surface area contributed by atoms with Crippen LogP contribution in [0, 0.1) is 0 Å². The molecule has 1 aromatic carbocycles. The molecule has 0 unspecified atom stereocenters. The van der Waals surface area contributed by atoms with E-state index in [0.717, 1.165) is 23.1 Å². The first kappa shape index (κ1) is 10.7. The van der Waals surface area contributed by atoms with Crippen LogP contribution >= 0.6 is 0 Å².